The van der Waals surface area contributed by atoms with E-state index in [1.54, 1.807) is 45.6 Å². The van der Waals surface area contributed by atoms with Crippen LogP contribution in [-0.2, 0) is 59.8 Å². The van der Waals surface area contributed by atoms with Gasteiger partial charge in [-0.1, -0.05) is 92.9 Å². The van der Waals surface area contributed by atoms with Crippen molar-refractivity contribution in [2.75, 3.05) is 0 Å². The van der Waals surface area contributed by atoms with E-state index in [1.807, 2.05) is 0 Å². The summed E-state index contributed by atoms with van der Waals surface area (Å²) in [4.78, 5) is 0. The van der Waals surface area contributed by atoms with E-state index in [0.717, 1.165) is 0 Å². The zero-order valence-electron chi connectivity index (χ0n) is 21.7. The Bertz CT molecular complexity index is 715. The molecule has 0 radical (unpaired) electrons. The minimum Gasteiger partial charge on any atom is -1.00 e. The molecule has 2 aromatic carbocycles. The largest absolute Gasteiger partial charge is 1.00 e. The van der Waals surface area contributed by atoms with Gasteiger partial charge in [0.15, 0.2) is 0 Å². The number of hydrogen-bond acceptors (Lipinski definition) is 0. The molecule has 4 rings (SSSR count). The molecule has 2 aliphatic rings. The van der Waals surface area contributed by atoms with Gasteiger partial charge >= 0.3 is 41.9 Å². The molecule has 2 aliphatic carbocycles. The van der Waals surface area contributed by atoms with E-state index in [1.165, 1.54) is 62.5 Å². The number of hydrogen-bond donors (Lipinski definition) is 0. The molecule has 0 saturated carbocycles. The first kappa shape index (κ1) is 32.4. The smallest absolute Gasteiger partial charge is 1.00 e. The van der Waals surface area contributed by atoms with Gasteiger partial charge in [0.25, 0.3) is 0 Å². The molecule has 0 spiro atoms. The van der Waals surface area contributed by atoms with Crippen LogP contribution in [0.25, 0.3) is 0 Å². The summed E-state index contributed by atoms with van der Waals surface area (Å²) in [6.45, 7) is 18.4. The summed E-state index contributed by atoms with van der Waals surface area (Å²) < 4.78 is 0. The minimum absolute atomic E-state index is 0. The van der Waals surface area contributed by atoms with E-state index in [-0.39, 0.29) is 30.2 Å². The van der Waals surface area contributed by atoms with Gasteiger partial charge in [0.2, 0.25) is 0 Å². The molecule has 0 aromatic heterocycles. The molecule has 0 heterocycles. The van der Waals surface area contributed by atoms with E-state index >= 15 is 0 Å². The average Bonchev–Trinajstić information content (AvgIpc) is 3.25. The quantitative estimate of drug-likeness (QED) is 0.336. The maximum atomic E-state index is 2.43. The van der Waals surface area contributed by atoms with Crippen LogP contribution in [0.2, 0.25) is 13.1 Å². The average molecular weight is 571 g/mol. The third-order valence-corrected chi connectivity index (χ3v) is 6.16. The van der Waals surface area contributed by atoms with Gasteiger partial charge < -0.3 is 24.8 Å². The molecular weight excluding hydrogens is 527 g/mol. The van der Waals surface area contributed by atoms with Crippen LogP contribution in [0.5, 0.6) is 0 Å². The van der Waals surface area contributed by atoms with E-state index in [0.29, 0.717) is 10.8 Å². The number of aryl methyl sites for hydroxylation is 4. The summed E-state index contributed by atoms with van der Waals surface area (Å²) in [5.41, 5.74) is 10.4. The second kappa shape index (κ2) is 14.1. The molecule has 0 fully saturated rings. The van der Waals surface area contributed by atoms with Crippen LogP contribution < -0.4 is 24.8 Å². The molecule has 0 saturated heterocycles. The van der Waals surface area contributed by atoms with Crippen LogP contribution >= 0.6 is 0 Å². The van der Waals surface area contributed by atoms with Crippen molar-refractivity contribution in [1.29, 1.82) is 0 Å². The maximum absolute atomic E-state index is 2.43. The summed E-state index contributed by atoms with van der Waals surface area (Å²) in [5.74, 6) is 0. The Balaban J connectivity index is 0.000000490. The number of rotatable bonds is 0. The summed E-state index contributed by atoms with van der Waals surface area (Å²) >= 11 is 1.74. The van der Waals surface area contributed by atoms with Crippen LogP contribution in [0.1, 0.15) is 101 Å². The zero-order chi connectivity index (χ0) is 22.5. The van der Waals surface area contributed by atoms with Crippen molar-refractivity contribution in [3.8, 4) is 0 Å². The van der Waals surface area contributed by atoms with Gasteiger partial charge in [-0.25, -0.2) is 12.1 Å². The van der Waals surface area contributed by atoms with Gasteiger partial charge in [-0.05, 0) is 10.8 Å². The molecule has 180 valence electrons. The van der Waals surface area contributed by atoms with Gasteiger partial charge in [-0.2, -0.15) is 45.5 Å². The van der Waals surface area contributed by atoms with Gasteiger partial charge in [-0.3, -0.25) is 0 Å². The van der Waals surface area contributed by atoms with Crippen LogP contribution in [-0.4, -0.2) is 5.43 Å². The molecule has 4 heteroatoms. The van der Waals surface area contributed by atoms with Crippen molar-refractivity contribution < 1.29 is 48.1 Å². The van der Waals surface area contributed by atoms with Gasteiger partial charge in [-0.15, -0.1) is 0 Å². The van der Waals surface area contributed by atoms with Crippen LogP contribution in [0.15, 0.2) is 24.3 Å². The number of halogens is 2. The van der Waals surface area contributed by atoms with E-state index in [2.05, 4.69) is 78.9 Å². The van der Waals surface area contributed by atoms with Crippen LogP contribution in [0.4, 0.5) is 0 Å². The summed E-state index contributed by atoms with van der Waals surface area (Å²) in [5, 5.41) is 0. The van der Waals surface area contributed by atoms with Gasteiger partial charge in [0, 0.05) is 0 Å². The molecule has 32 heavy (non-hydrogen) atoms. The second-order valence-corrected chi connectivity index (χ2v) is 20.9. The van der Waals surface area contributed by atoms with Crippen LogP contribution in [0.3, 0.4) is 0 Å². The van der Waals surface area contributed by atoms with E-state index in [4.69, 9.17) is 0 Å². The molecule has 0 unspecified atom stereocenters. The van der Waals surface area contributed by atoms with Crippen molar-refractivity contribution in [3.63, 3.8) is 0 Å². The molecule has 0 N–H and O–H groups in total. The fourth-order valence-corrected chi connectivity index (χ4v) is 4.26. The van der Waals surface area contributed by atoms with Crippen molar-refractivity contribution in [1.82, 2.24) is 0 Å². The van der Waals surface area contributed by atoms with Crippen molar-refractivity contribution >= 4 is 5.43 Å². The standard InChI is InChI=1S/2C13H19.C2H6Si.2ClH.Zr/c2*1-13(2,3)12-8-10-6-4-5-7-11(10)9-12;1-3-2;;;/h2*8-9H,4-7H2,1-3H3;1-2H3;2*1H;/q2*-1;;;;+2/p-2. The Labute approximate surface area is 226 Å². The van der Waals surface area contributed by atoms with Crippen molar-refractivity contribution in [2.24, 2.45) is 0 Å². The Morgan fingerprint density at radius 2 is 0.938 bits per heavy atom. The SMILES string of the molecule is CC(C)(C)c1cc2c([cH-]1)CCCC2.CC(C)(C)c1cc2c([cH-]1)CCCC2.C[Si](C)=[Zr+2].[Cl-].[Cl-]. The molecule has 0 atom stereocenters. The second-order valence-electron chi connectivity index (χ2n) is 11.5. The molecular formula is C28H44Cl2SiZr-2. The molecule has 0 nitrogen and oxygen atoms in total. The first-order valence-corrected chi connectivity index (χ1v) is 18.2. The van der Waals surface area contributed by atoms with Gasteiger partial charge in [0.05, 0.1) is 0 Å². The van der Waals surface area contributed by atoms with E-state index in [9.17, 15) is 0 Å². The molecule has 2 aromatic rings. The zero-order valence-corrected chi connectivity index (χ0v) is 26.7. The summed E-state index contributed by atoms with van der Waals surface area (Å²) in [6.07, 6.45) is 10.8. The minimum atomic E-state index is 0. The van der Waals surface area contributed by atoms with E-state index < -0.39 is 0 Å². The Kier molecular flexibility index (Phi) is 14.2. The van der Waals surface area contributed by atoms with Crippen molar-refractivity contribution in [3.05, 3.63) is 57.6 Å². The first-order chi connectivity index (χ1) is 13.9. The predicted octanol–water partition coefficient (Wildman–Crippen LogP) is 1.96. The topological polar surface area (TPSA) is 0 Å². The third-order valence-electron chi connectivity index (χ3n) is 6.16. The van der Waals surface area contributed by atoms with Gasteiger partial charge in [0.1, 0.15) is 0 Å². The fourth-order valence-electron chi connectivity index (χ4n) is 4.26. The summed E-state index contributed by atoms with van der Waals surface area (Å²) in [6, 6.07) is 9.70. The molecule has 0 bridgehead atoms. The van der Waals surface area contributed by atoms with Crippen molar-refractivity contribution in [2.45, 2.75) is 117 Å². The third kappa shape index (κ3) is 10.3. The fraction of sp³-hybridized carbons (Fsp3) is 0.643. The van der Waals surface area contributed by atoms with Crippen LogP contribution in [0, 0.1) is 0 Å². The Hall–Kier alpha value is 0.380. The first-order valence-electron chi connectivity index (χ1n) is 12.0. The molecule has 0 amide bonds. The normalized spacial score (nSPS) is 14.8. The Morgan fingerprint density at radius 1 is 0.656 bits per heavy atom. The predicted molar refractivity (Wildman–Crippen MR) is 132 cm³/mol. The number of fused-ring (bicyclic) bond motifs is 2. The monoisotopic (exact) mass is 568 g/mol. The maximum Gasteiger partial charge on any atom is -1.00 e. The molecule has 0 aliphatic heterocycles. The summed E-state index contributed by atoms with van der Waals surface area (Å²) in [7, 11) is 0. The Morgan fingerprint density at radius 3 is 1.19 bits per heavy atom.